The highest BCUT2D eigenvalue weighted by Gasteiger charge is 2.19. The van der Waals surface area contributed by atoms with Crippen LogP contribution in [0.4, 0.5) is 4.79 Å². The molecule has 0 aromatic rings. The van der Waals surface area contributed by atoms with Gasteiger partial charge in [0.1, 0.15) is 6.04 Å². The van der Waals surface area contributed by atoms with Crippen LogP contribution < -0.4 is 10.6 Å². The molecule has 1 aliphatic rings. The number of morpholine rings is 1. The number of urea groups is 1. The fraction of sp³-hybridized carbons (Fsp3) is 0.857. The number of amides is 3. The lowest BCUT2D eigenvalue weighted by molar-refractivity contribution is -0.132. The molecule has 1 unspecified atom stereocenters. The van der Waals surface area contributed by atoms with Gasteiger partial charge in [-0.3, -0.25) is 9.69 Å². The predicted molar refractivity (Wildman–Crippen MR) is 81.2 cm³/mol. The van der Waals surface area contributed by atoms with Crippen LogP contribution in [0.15, 0.2) is 0 Å². The van der Waals surface area contributed by atoms with Gasteiger partial charge in [-0.05, 0) is 20.8 Å². The second-order valence-corrected chi connectivity index (χ2v) is 5.09. The van der Waals surface area contributed by atoms with Crippen molar-refractivity contribution in [1.82, 2.24) is 20.4 Å². The Morgan fingerprint density at radius 3 is 2.43 bits per heavy atom. The molecule has 1 rings (SSSR count). The van der Waals surface area contributed by atoms with E-state index in [0.717, 1.165) is 32.8 Å². The molecule has 122 valence electrons. The van der Waals surface area contributed by atoms with Crippen LogP contribution in [0.1, 0.15) is 20.8 Å². The first kappa shape index (κ1) is 17.7. The van der Waals surface area contributed by atoms with Crippen molar-refractivity contribution in [2.45, 2.75) is 26.8 Å². The summed E-state index contributed by atoms with van der Waals surface area (Å²) in [5.74, 6) is -0.0525. The van der Waals surface area contributed by atoms with Gasteiger partial charge in [0, 0.05) is 39.3 Å². The maximum Gasteiger partial charge on any atom is 0.315 e. The van der Waals surface area contributed by atoms with Crippen LogP contribution in [0.5, 0.6) is 0 Å². The van der Waals surface area contributed by atoms with E-state index in [-0.39, 0.29) is 11.9 Å². The average Bonchev–Trinajstić information content (AvgIpc) is 2.49. The summed E-state index contributed by atoms with van der Waals surface area (Å²) in [6, 6.07) is -0.801. The number of carbonyl (C=O) groups is 2. The quantitative estimate of drug-likeness (QED) is 0.687. The number of nitrogens with zero attached hydrogens (tertiary/aromatic N) is 2. The molecule has 0 aliphatic carbocycles. The molecular weight excluding hydrogens is 272 g/mol. The van der Waals surface area contributed by atoms with Crippen molar-refractivity contribution in [3.05, 3.63) is 0 Å². The molecule has 2 N–H and O–H groups in total. The summed E-state index contributed by atoms with van der Waals surface area (Å²) in [4.78, 5) is 27.7. The molecule has 0 radical (unpaired) electrons. The minimum absolute atomic E-state index is 0.0525. The third kappa shape index (κ3) is 6.31. The lowest BCUT2D eigenvalue weighted by atomic mass is 10.3. The topological polar surface area (TPSA) is 73.9 Å². The molecule has 21 heavy (non-hydrogen) atoms. The second kappa shape index (κ2) is 9.57. The summed E-state index contributed by atoms with van der Waals surface area (Å²) in [5, 5.41) is 5.47. The van der Waals surface area contributed by atoms with Gasteiger partial charge in [0.2, 0.25) is 5.91 Å². The fourth-order valence-corrected chi connectivity index (χ4v) is 2.27. The molecular formula is C14H28N4O3. The first-order valence-corrected chi connectivity index (χ1v) is 7.71. The van der Waals surface area contributed by atoms with Crippen molar-refractivity contribution in [3.8, 4) is 0 Å². The summed E-state index contributed by atoms with van der Waals surface area (Å²) in [6.45, 7) is 11.5. The van der Waals surface area contributed by atoms with Crippen molar-refractivity contribution in [1.29, 1.82) is 0 Å². The standard InChI is InChI=1S/C14H28N4O3/c1-4-18(5-2)13(19)12(3)16-14(20)15-6-7-17-8-10-21-11-9-17/h12H,4-11H2,1-3H3,(H2,15,16,20). The van der Waals surface area contributed by atoms with Crippen LogP contribution in [-0.4, -0.2) is 80.3 Å². The highest BCUT2D eigenvalue weighted by molar-refractivity contribution is 5.86. The van der Waals surface area contributed by atoms with Crippen LogP contribution in [0, 0.1) is 0 Å². The van der Waals surface area contributed by atoms with Gasteiger partial charge < -0.3 is 20.3 Å². The fourth-order valence-electron chi connectivity index (χ4n) is 2.27. The van der Waals surface area contributed by atoms with E-state index < -0.39 is 6.04 Å². The lowest BCUT2D eigenvalue weighted by Gasteiger charge is -2.27. The smallest absolute Gasteiger partial charge is 0.315 e. The lowest BCUT2D eigenvalue weighted by Crippen LogP contribution is -2.51. The summed E-state index contributed by atoms with van der Waals surface area (Å²) >= 11 is 0. The molecule has 1 atom stereocenters. The van der Waals surface area contributed by atoms with Gasteiger partial charge in [0.25, 0.3) is 0 Å². The Labute approximate surface area is 127 Å². The molecule has 0 spiro atoms. The first-order chi connectivity index (χ1) is 10.1. The van der Waals surface area contributed by atoms with Gasteiger partial charge in [-0.1, -0.05) is 0 Å². The van der Waals surface area contributed by atoms with E-state index in [1.807, 2.05) is 13.8 Å². The molecule has 0 aromatic carbocycles. The van der Waals surface area contributed by atoms with E-state index in [2.05, 4.69) is 15.5 Å². The Balaban J connectivity index is 2.21. The molecule has 1 aliphatic heterocycles. The van der Waals surface area contributed by atoms with E-state index >= 15 is 0 Å². The van der Waals surface area contributed by atoms with Crippen LogP contribution >= 0.6 is 0 Å². The average molecular weight is 300 g/mol. The number of hydrogen-bond acceptors (Lipinski definition) is 4. The van der Waals surface area contributed by atoms with Crippen molar-refractivity contribution in [2.75, 3.05) is 52.5 Å². The van der Waals surface area contributed by atoms with Crippen molar-refractivity contribution >= 4 is 11.9 Å². The molecule has 7 nitrogen and oxygen atoms in total. The van der Waals surface area contributed by atoms with Gasteiger partial charge in [0.15, 0.2) is 0 Å². The Morgan fingerprint density at radius 1 is 1.24 bits per heavy atom. The van der Waals surface area contributed by atoms with Crippen LogP contribution in [0.3, 0.4) is 0 Å². The molecule has 7 heteroatoms. The van der Waals surface area contributed by atoms with Gasteiger partial charge in [0.05, 0.1) is 13.2 Å². The first-order valence-electron chi connectivity index (χ1n) is 7.71. The summed E-state index contributed by atoms with van der Waals surface area (Å²) in [5.41, 5.74) is 0. The van der Waals surface area contributed by atoms with Gasteiger partial charge >= 0.3 is 6.03 Å². The van der Waals surface area contributed by atoms with E-state index in [4.69, 9.17) is 4.74 Å². The maximum absolute atomic E-state index is 12.0. The molecule has 1 fully saturated rings. The zero-order valence-corrected chi connectivity index (χ0v) is 13.4. The highest BCUT2D eigenvalue weighted by Crippen LogP contribution is 1.96. The highest BCUT2D eigenvalue weighted by atomic mass is 16.5. The predicted octanol–water partition coefficient (Wildman–Crippen LogP) is -0.125. The number of carbonyl (C=O) groups excluding carboxylic acids is 2. The maximum atomic E-state index is 12.0. The Bertz CT molecular complexity index is 328. The number of nitrogens with one attached hydrogen (secondary N) is 2. The minimum atomic E-state index is -0.506. The van der Waals surface area contributed by atoms with E-state index in [9.17, 15) is 9.59 Å². The summed E-state index contributed by atoms with van der Waals surface area (Å²) in [7, 11) is 0. The van der Waals surface area contributed by atoms with Crippen molar-refractivity contribution < 1.29 is 14.3 Å². The van der Waals surface area contributed by atoms with Crippen molar-refractivity contribution in [2.24, 2.45) is 0 Å². The number of hydrogen-bond donors (Lipinski definition) is 2. The van der Waals surface area contributed by atoms with Gasteiger partial charge in [-0.2, -0.15) is 0 Å². The summed E-state index contributed by atoms with van der Waals surface area (Å²) in [6.07, 6.45) is 0. The third-order valence-corrected chi connectivity index (χ3v) is 3.61. The summed E-state index contributed by atoms with van der Waals surface area (Å²) < 4.78 is 5.27. The van der Waals surface area contributed by atoms with E-state index in [1.165, 1.54) is 0 Å². The Kier molecular flexibility index (Phi) is 8.07. The Morgan fingerprint density at radius 2 is 1.86 bits per heavy atom. The molecule has 0 aromatic heterocycles. The SMILES string of the molecule is CCN(CC)C(=O)C(C)NC(=O)NCCN1CCOCC1. The zero-order valence-electron chi connectivity index (χ0n) is 13.4. The molecule has 1 saturated heterocycles. The van der Waals surface area contributed by atoms with E-state index in [0.29, 0.717) is 19.6 Å². The number of rotatable bonds is 7. The molecule has 0 saturated carbocycles. The van der Waals surface area contributed by atoms with Crippen LogP contribution in [0.2, 0.25) is 0 Å². The van der Waals surface area contributed by atoms with Crippen molar-refractivity contribution in [3.63, 3.8) is 0 Å². The number of ether oxygens (including phenoxy) is 1. The van der Waals surface area contributed by atoms with Crippen LogP contribution in [0.25, 0.3) is 0 Å². The normalized spacial score (nSPS) is 17.1. The largest absolute Gasteiger partial charge is 0.379 e. The minimum Gasteiger partial charge on any atom is -0.379 e. The Hall–Kier alpha value is -1.34. The van der Waals surface area contributed by atoms with E-state index in [1.54, 1.807) is 11.8 Å². The monoisotopic (exact) mass is 300 g/mol. The molecule has 1 heterocycles. The number of likely N-dealkylation sites (N-methyl/N-ethyl adjacent to an activating group) is 1. The van der Waals surface area contributed by atoms with Gasteiger partial charge in [-0.15, -0.1) is 0 Å². The van der Waals surface area contributed by atoms with Gasteiger partial charge in [-0.25, -0.2) is 4.79 Å². The second-order valence-electron chi connectivity index (χ2n) is 5.09. The molecule has 0 bridgehead atoms. The molecule has 3 amide bonds. The third-order valence-electron chi connectivity index (χ3n) is 3.61. The van der Waals surface area contributed by atoms with Crippen LogP contribution in [-0.2, 0) is 9.53 Å². The zero-order chi connectivity index (χ0) is 15.7.